The van der Waals surface area contributed by atoms with Crippen LogP contribution in [0.2, 0.25) is 0 Å². The lowest BCUT2D eigenvalue weighted by Crippen LogP contribution is -2.04. The Morgan fingerprint density at radius 1 is 1.16 bits per heavy atom. The Morgan fingerprint density at radius 2 is 2.00 bits per heavy atom. The van der Waals surface area contributed by atoms with E-state index in [2.05, 4.69) is 36.2 Å². The van der Waals surface area contributed by atoms with E-state index in [-0.39, 0.29) is 16.9 Å². The average molecular weight is 343 g/mol. The molecule has 0 unspecified atom stereocenters. The fourth-order valence-electron chi connectivity index (χ4n) is 2.35. The van der Waals surface area contributed by atoms with Gasteiger partial charge in [-0.1, -0.05) is 11.8 Å². The number of aromatic nitrogens is 4. The summed E-state index contributed by atoms with van der Waals surface area (Å²) in [5.74, 6) is 4.77. The number of nitrogen functional groups attached to an aromatic ring is 1. The van der Waals surface area contributed by atoms with Gasteiger partial charge < -0.3 is 15.1 Å². The van der Waals surface area contributed by atoms with Gasteiger partial charge in [0.2, 0.25) is 0 Å². The molecular weight excluding hydrogens is 335 g/mol. The van der Waals surface area contributed by atoms with E-state index >= 15 is 0 Å². The normalized spacial score (nSPS) is 11.6. The van der Waals surface area contributed by atoms with Gasteiger partial charge in [0.25, 0.3) is 0 Å². The minimum absolute atomic E-state index is 0.0441. The highest BCUT2D eigenvalue weighted by atomic mass is 19.4. The number of fused-ring (bicyclic) bond motifs is 2. The van der Waals surface area contributed by atoms with Crippen LogP contribution in [0.25, 0.3) is 22.1 Å². The van der Waals surface area contributed by atoms with Gasteiger partial charge in [0.05, 0.1) is 10.9 Å². The number of hydrogen-bond donors (Lipinski definition) is 2. The summed E-state index contributed by atoms with van der Waals surface area (Å²) >= 11 is 0. The number of anilines is 1. The van der Waals surface area contributed by atoms with E-state index in [1.54, 1.807) is 12.3 Å². The Hall–Kier alpha value is -3.54. The topological polar surface area (TPSA) is 93.6 Å². The average Bonchev–Trinajstić information content (AvgIpc) is 3.16. The molecule has 6 nitrogen and oxygen atoms in total. The molecule has 0 spiro atoms. The van der Waals surface area contributed by atoms with Crippen LogP contribution in [0.1, 0.15) is 17.0 Å². The molecule has 0 saturated carbocycles. The van der Waals surface area contributed by atoms with Crippen molar-refractivity contribution in [1.82, 2.24) is 19.9 Å². The number of halogens is 3. The third-order valence-electron chi connectivity index (χ3n) is 3.47. The lowest BCUT2D eigenvalue weighted by molar-refractivity contribution is -0.156. The van der Waals surface area contributed by atoms with Crippen LogP contribution in [-0.2, 0) is 6.18 Å². The first-order valence-electron chi connectivity index (χ1n) is 6.99. The largest absolute Gasteiger partial charge is 0.468 e. The summed E-state index contributed by atoms with van der Waals surface area (Å²) in [5, 5.41) is 0.594. The molecule has 0 amide bonds. The van der Waals surface area contributed by atoms with Crippen molar-refractivity contribution < 1.29 is 17.6 Å². The molecule has 3 heterocycles. The van der Waals surface area contributed by atoms with Gasteiger partial charge in [-0.05, 0) is 18.2 Å². The highest BCUT2D eigenvalue weighted by Gasteiger charge is 2.37. The molecule has 0 aliphatic heterocycles. The van der Waals surface area contributed by atoms with Crippen molar-refractivity contribution in [2.75, 3.05) is 5.73 Å². The molecule has 9 heteroatoms. The molecule has 124 valence electrons. The summed E-state index contributed by atoms with van der Waals surface area (Å²) in [6.07, 6.45) is -1.66. The number of nitrogens with one attached hydrogen (secondary N) is 1. The zero-order valence-corrected chi connectivity index (χ0v) is 12.3. The highest BCUT2D eigenvalue weighted by Crippen LogP contribution is 2.31. The van der Waals surface area contributed by atoms with Crippen molar-refractivity contribution >= 4 is 28.0 Å². The molecule has 0 fully saturated rings. The van der Waals surface area contributed by atoms with Gasteiger partial charge in [-0.25, -0.2) is 15.0 Å². The third kappa shape index (κ3) is 2.63. The number of hydrogen-bond acceptors (Lipinski definition) is 5. The summed E-state index contributed by atoms with van der Waals surface area (Å²) in [4.78, 5) is 14.3. The summed E-state index contributed by atoms with van der Waals surface area (Å²) in [6, 6.07) is 4.37. The Labute approximate surface area is 137 Å². The number of H-pyrrole nitrogens is 1. The Kier molecular flexibility index (Phi) is 3.15. The van der Waals surface area contributed by atoms with Crippen molar-refractivity contribution in [2.24, 2.45) is 0 Å². The third-order valence-corrected chi connectivity index (χ3v) is 3.47. The molecule has 0 aliphatic rings. The van der Waals surface area contributed by atoms with Crippen LogP contribution in [0.15, 0.2) is 35.1 Å². The van der Waals surface area contributed by atoms with Gasteiger partial charge in [0.15, 0.2) is 5.58 Å². The van der Waals surface area contributed by atoms with E-state index in [1.165, 1.54) is 18.5 Å². The number of nitrogens with zero attached hydrogens (tertiary/aromatic N) is 3. The number of alkyl halides is 3. The van der Waals surface area contributed by atoms with Crippen LogP contribution < -0.4 is 5.73 Å². The first-order chi connectivity index (χ1) is 11.9. The standard InChI is InChI=1S/C16H8F3N5O/c17-16(18,19)15-24-10-5-8(2-4-11(10)25-15)1-3-9-6-21-14-12(9)13(20)22-7-23-14/h2,4-7H,(H3,20,21,22,23). The van der Waals surface area contributed by atoms with Crippen molar-refractivity contribution in [3.8, 4) is 11.8 Å². The van der Waals surface area contributed by atoms with E-state index in [4.69, 9.17) is 5.73 Å². The van der Waals surface area contributed by atoms with Crippen molar-refractivity contribution in [3.05, 3.63) is 47.7 Å². The molecule has 0 atom stereocenters. The highest BCUT2D eigenvalue weighted by molar-refractivity contribution is 5.91. The van der Waals surface area contributed by atoms with Crippen LogP contribution >= 0.6 is 0 Å². The molecule has 1 aromatic carbocycles. The van der Waals surface area contributed by atoms with Gasteiger partial charge in [-0.2, -0.15) is 13.2 Å². The zero-order chi connectivity index (χ0) is 17.6. The maximum Gasteiger partial charge on any atom is 0.468 e. The molecule has 3 aromatic heterocycles. The molecule has 0 radical (unpaired) electrons. The van der Waals surface area contributed by atoms with Crippen molar-refractivity contribution in [2.45, 2.75) is 6.18 Å². The monoisotopic (exact) mass is 343 g/mol. The fraction of sp³-hybridized carbons (Fsp3) is 0.0625. The first-order valence-corrected chi connectivity index (χ1v) is 6.99. The molecule has 3 N–H and O–H groups in total. The Balaban J connectivity index is 1.75. The summed E-state index contributed by atoms with van der Waals surface area (Å²) in [5.41, 5.74) is 7.58. The molecular formula is C16H8F3N5O. The maximum atomic E-state index is 12.6. The number of nitrogens with two attached hydrogens (primary N) is 1. The smallest absolute Gasteiger partial charge is 0.433 e. The van der Waals surface area contributed by atoms with Gasteiger partial charge in [-0.3, -0.25) is 0 Å². The molecule has 4 rings (SSSR count). The second-order valence-corrected chi connectivity index (χ2v) is 5.13. The molecule has 4 aromatic rings. The zero-order valence-electron chi connectivity index (χ0n) is 12.3. The van der Waals surface area contributed by atoms with E-state index in [9.17, 15) is 13.2 Å². The van der Waals surface area contributed by atoms with Gasteiger partial charge in [-0.15, -0.1) is 0 Å². The first kappa shape index (κ1) is 15.0. The summed E-state index contributed by atoms with van der Waals surface area (Å²) in [7, 11) is 0. The second kappa shape index (κ2) is 5.24. The van der Waals surface area contributed by atoms with E-state index in [1.807, 2.05) is 0 Å². The second-order valence-electron chi connectivity index (χ2n) is 5.13. The fourth-order valence-corrected chi connectivity index (χ4v) is 2.35. The lowest BCUT2D eigenvalue weighted by atomic mass is 10.2. The van der Waals surface area contributed by atoms with Gasteiger partial charge >= 0.3 is 12.1 Å². The number of rotatable bonds is 0. The van der Waals surface area contributed by atoms with E-state index in [0.717, 1.165) is 0 Å². The quantitative estimate of drug-likeness (QED) is 0.479. The predicted molar refractivity (Wildman–Crippen MR) is 83.3 cm³/mol. The summed E-state index contributed by atoms with van der Waals surface area (Å²) in [6.45, 7) is 0. The molecule has 0 aliphatic carbocycles. The maximum absolute atomic E-state index is 12.6. The van der Waals surface area contributed by atoms with Crippen molar-refractivity contribution in [1.29, 1.82) is 0 Å². The number of aromatic amines is 1. The summed E-state index contributed by atoms with van der Waals surface area (Å²) < 4.78 is 42.6. The van der Waals surface area contributed by atoms with Crippen LogP contribution in [-0.4, -0.2) is 19.9 Å². The number of benzene rings is 1. The van der Waals surface area contributed by atoms with Crippen LogP contribution in [0, 0.1) is 11.8 Å². The predicted octanol–water partition coefficient (Wildman–Crippen LogP) is 3.10. The molecule has 25 heavy (non-hydrogen) atoms. The SMILES string of the molecule is Nc1ncnc2[nH]cc(C#Cc3ccc4oc(C(F)(F)F)nc4c3)c12. The van der Waals surface area contributed by atoms with E-state index in [0.29, 0.717) is 22.2 Å². The van der Waals surface area contributed by atoms with Gasteiger partial charge in [0.1, 0.15) is 23.3 Å². The Morgan fingerprint density at radius 3 is 2.80 bits per heavy atom. The minimum Gasteiger partial charge on any atom is -0.433 e. The van der Waals surface area contributed by atoms with Crippen molar-refractivity contribution in [3.63, 3.8) is 0 Å². The van der Waals surface area contributed by atoms with Crippen LogP contribution in [0.3, 0.4) is 0 Å². The van der Waals surface area contributed by atoms with E-state index < -0.39 is 12.1 Å². The van der Waals surface area contributed by atoms with Crippen LogP contribution in [0.4, 0.5) is 19.0 Å². The molecule has 0 saturated heterocycles. The Bertz CT molecular complexity index is 1160. The minimum atomic E-state index is -4.63. The molecule has 0 bridgehead atoms. The lowest BCUT2D eigenvalue weighted by Gasteiger charge is -1.96. The van der Waals surface area contributed by atoms with Gasteiger partial charge in [0, 0.05) is 11.8 Å². The van der Waals surface area contributed by atoms with Crippen LogP contribution in [0.5, 0.6) is 0 Å². The number of oxazole rings is 1.